The molecule has 2 N–H and O–H groups in total. The Kier molecular flexibility index (Phi) is 3.00. The van der Waals surface area contributed by atoms with Gasteiger partial charge in [0.25, 0.3) is 0 Å². The number of halogens is 3. The molecule has 2 aromatic rings. The first kappa shape index (κ1) is 13.7. The minimum absolute atomic E-state index is 0.0118. The van der Waals surface area contributed by atoms with Gasteiger partial charge in [0.1, 0.15) is 11.6 Å². The van der Waals surface area contributed by atoms with Crippen molar-refractivity contribution in [3.05, 3.63) is 41.7 Å². The molecule has 7 heteroatoms. The quantitative estimate of drug-likeness (QED) is 0.877. The van der Waals surface area contributed by atoms with Crippen molar-refractivity contribution in [1.82, 2.24) is 9.97 Å². The van der Waals surface area contributed by atoms with Crippen molar-refractivity contribution in [3.8, 4) is 0 Å². The number of nitrogen functional groups attached to an aromatic ring is 1. The molecular weight excluding hydrogens is 281 g/mol. The highest BCUT2D eigenvalue weighted by Crippen LogP contribution is 2.38. The van der Waals surface area contributed by atoms with Crippen LogP contribution in [0.15, 0.2) is 30.3 Å². The molecular formula is C14H13F3N4. The lowest BCUT2D eigenvalue weighted by Crippen LogP contribution is -2.26. The number of nitrogens with zero attached hydrogens (tertiary/aromatic N) is 3. The van der Waals surface area contributed by atoms with Crippen LogP contribution < -0.4 is 10.6 Å². The lowest BCUT2D eigenvalue weighted by molar-refractivity contribution is -0.144. The normalized spacial score (nSPS) is 17.9. The summed E-state index contributed by atoms with van der Waals surface area (Å²) < 4.78 is 38.5. The van der Waals surface area contributed by atoms with Gasteiger partial charge < -0.3 is 10.6 Å². The summed E-state index contributed by atoms with van der Waals surface area (Å²) in [6.07, 6.45) is -3.87. The topological polar surface area (TPSA) is 55.0 Å². The van der Waals surface area contributed by atoms with Crippen molar-refractivity contribution in [2.45, 2.75) is 25.6 Å². The molecule has 0 saturated carbocycles. The van der Waals surface area contributed by atoms with Crippen molar-refractivity contribution < 1.29 is 13.2 Å². The van der Waals surface area contributed by atoms with Gasteiger partial charge in [-0.15, -0.1) is 0 Å². The van der Waals surface area contributed by atoms with Gasteiger partial charge >= 0.3 is 6.18 Å². The van der Waals surface area contributed by atoms with Gasteiger partial charge in [-0.2, -0.15) is 13.2 Å². The highest BCUT2D eigenvalue weighted by Gasteiger charge is 2.37. The van der Waals surface area contributed by atoms with Gasteiger partial charge in [-0.3, -0.25) is 0 Å². The molecule has 0 radical (unpaired) electrons. The predicted octanol–water partition coefficient (Wildman–Crippen LogP) is 3.16. The van der Waals surface area contributed by atoms with Crippen LogP contribution >= 0.6 is 0 Å². The maximum absolute atomic E-state index is 12.8. The molecule has 1 unspecified atom stereocenters. The monoisotopic (exact) mass is 294 g/mol. The molecule has 1 aliphatic heterocycles. The summed E-state index contributed by atoms with van der Waals surface area (Å²) in [6, 6.07) is 8.96. The minimum Gasteiger partial charge on any atom is -0.384 e. The van der Waals surface area contributed by atoms with Crippen LogP contribution in [0.5, 0.6) is 0 Å². The molecule has 21 heavy (non-hydrogen) atoms. The maximum Gasteiger partial charge on any atom is 0.451 e. The highest BCUT2D eigenvalue weighted by molar-refractivity contribution is 5.69. The van der Waals surface area contributed by atoms with Crippen molar-refractivity contribution in [2.24, 2.45) is 0 Å². The van der Waals surface area contributed by atoms with Gasteiger partial charge in [0, 0.05) is 17.8 Å². The summed E-state index contributed by atoms with van der Waals surface area (Å²) in [5.41, 5.74) is 7.45. The Balaban J connectivity index is 2.11. The van der Waals surface area contributed by atoms with E-state index in [4.69, 9.17) is 5.73 Å². The zero-order valence-corrected chi connectivity index (χ0v) is 11.2. The predicted molar refractivity (Wildman–Crippen MR) is 73.2 cm³/mol. The minimum atomic E-state index is -4.62. The second-order valence-corrected chi connectivity index (χ2v) is 5.02. The van der Waals surface area contributed by atoms with E-state index in [1.54, 1.807) is 4.90 Å². The van der Waals surface area contributed by atoms with Gasteiger partial charge in [-0.25, -0.2) is 9.97 Å². The molecule has 1 aliphatic rings. The molecule has 4 nitrogen and oxygen atoms in total. The van der Waals surface area contributed by atoms with Crippen LogP contribution in [0.3, 0.4) is 0 Å². The van der Waals surface area contributed by atoms with Gasteiger partial charge in [-0.05, 0) is 25.0 Å². The first-order chi connectivity index (χ1) is 9.86. The Morgan fingerprint density at radius 1 is 1.24 bits per heavy atom. The third-order valence-corrected chi connectivity index (χ3v) is 3.44. The Bertz CT molecular complexity index is 684. The number of alkyl halides is 3. The number of nitrogens with two attached hydrogens (primary N) is 1. The van der Waals surface area contributed by atoms with Gasteiger partial charge in [0.2, 0.25) is 5.82 Å². The number of anilines is 3. The molecule has 0 amide bonds. The average molecular weight is 294 g/mol. The van der Waals surface area contributed by atoms with E-state index in [1.807, 2.05) is 31.2 Å². The summed E-state index contributed by atoms with van der Waals surface area (Å²) in [6.45, 7) is 1.94. The SMILES string of the molecule is CC1Cc2ccccc2N1c1cc(N)nc(C(F)(F)F)n1. The second-order valence-electron chi connectivity index (χ2n) is 5.02. The van der Waals surface area contributed by atoms with Crippen molar-refractivity contribution >= 4 is 17.3 Å². The Morgan fingerprint density at radius 2 is 1.95 bits per heavy atom. The average Bonchev–Trinajstić information content (AvgIpc) is 2.72. The van der Waals surface area contributed by atoms with E-state index in [-0.39, 0.29) is 17.7 Å². The number of aromatic nitrogens is 2. The maximum atomic E-state index is 12.8. The Morgan fingerprint density at radius 3 is 2.67 bits per heavy atom. The van der Waals surface area contributed by atoms with Crippen LogP contribution in [-0.2, 0) is 12.6 Å². The van der Waals surface area contributed by atoms with Crippen LogP contribution in [0.1, 0.15) is 18.3 Å². The number of benzene rings is 1. The summed E-state index contributed by atoms with van der Waals surface area (Å²) >= 11 is 0. The smallest absolute Gasteiger partial charge is 0.384 e. The first-order valence-corrected chi connectivity index (χ1v) is 6.45. The lowest BCUT2D eigenvalue weighted by Gasteiger charge is -2.24. The summed E-state index contributed by atoms with van der Waals surface area (Å²) in [5, 5.41) is 0. The first-order valence-electron chi connectivity index (χ1n) is 6.45. The fourth-order valence-corrected chi connectivity index (χ4v) is 2.62. The largest absolute Gasteiger partial charge is 0.451 e. The molecule has 0 fully saturated rings. The standard InChI is InChI=1S/C14H13F3N4/c1-8-6-9-4-2-3-5-10(9)21(8)12-7-11(18)19-13(20-12)14(15,16)17/h2-5,7-8H,6H2,1H3,(H2,18,19,20). The second kappa shape index (κ2) is 4.61. The van der Waals surface area contributed by atoms with Crippen molar-refractivity contribution in [1.29, 1.82) is 0 Å². The van der Waals surface area contributed by atoms with E-state index < -0.39 is 12.0 Å². The third kappa shape index (κ3) is 2.39. The number of fused-ring (bicyclic) bond motifs is 1. The summed E-state index contributed by atoms with van der Waals surface area (Å²) in [7, 11) is 0. The molecule has 3 rings (SSSR count). The molecule has 1 aromatic heterocycles. The molecule has 0 bridgehead atoms. The van der Waals surface area contributed by atoms with Gasteiger partial charge in [0.05, 0.1) is 0 Å². The van der Waals surface area contributed by atoms with Gasteiger partial charge in [-0.1, -0.05) is 18.2 Å². The van der Waals surface area contributed by atoms with E-state index >= 15 is 0 Å². The van der Waals surface area contributed by atoms with E-state index in [2.05, 4.69) is 9.97 Å². The number of rotatable bonds is 1. The number of hydrogen-bond acceptors (Lipinski definition) is 4. The summed E-state index contributed by atoms with van der Waals surface area (Å²) in [4.78, 5) is 8.68. The summed E-state index contributed by atoms with van der Waals surface area (Å²) in [5.74, 6) is -1.23. The zero-order chi connectivity index (χ0) is 15.2. The molecule has 110 valence electrons. The van der Waals surface area contributed by atoms with Crippen molar-refractivity contribution in [2.75, 3.05) is 10.6 Å². The fraction of sp³-hybridized carbons (Fsp3) is 0.286. The molecule has 2 heterocycles. The van der Waals surface area contributed by atoms with E-state index in [0.29, 0.717) is 0 Å². The van der Waals surface area contributed by atoms with E-state index in [0.717, 1.165) is 17.7 Å². The molecule has 1 aromatic carbocycles. The van der Waals surface area contributed by atoms with Crippen LogP contribution in [0.4, 0.5) is 30.5 Å². The van der Waals surface area contributed by atoms with Crippen LogP contribution in [0.25, 0.3) is 0 Å². The molecule has 0 saturated heterocycles. The number of para-hydroxylation sites is 1. The Hall–Kier alpha value is -2.31. The van der Waals surface area contributed by atoms with Crippen LogP contribution in [0.2, 0.25) is 0 Å². The lowest BCUT2D eigenvalue weighted by atomic mass is 10.1. The Labute approximate surface area is 119 Å². The van der Waals surface area contributed by atoms with Gasteiger partial charge in [0.15, 0.2) is 0 Å². The molecule has 1 atom stereocenters. The molecule has 0 spiro atoms. The van der Waals surface area contributed by atoms with Crippen LogP contribution in [0, 0.1) is 0 Å². The van der Waals surface area contributed by atoms with Crippen molar-refractivity contribution in [3.63, 3.8) is 0 Å². The van der Waals surface area contributed by atoms with E-state index in [1.165, 1.54) is 6.07 Å². The highest BCUT2D eigenvalue weighted by atomic mass is 19.4. The zero-order valence-electron chi connectivity index (χ0n) is 11.2. The van der Waals surface area contributed by atoms with Crippen LogP contribution in [-0.4, -0.2) is 16.0 Å². The third-order valence-electron chi connectivity index (χ3n) is 3.44. The number of hydrogen-bond donors (Lipinski definition) is 1. The fourth-order valence-electron chi connectivity index (χ4n) is 2.62. The van der Waals surface area contributed by atoms with E-state index in [9.17, 15) is 13.2 Å². The molecule has 0 aliphatic carbocycles.